The van der Waals surface area contributed by atoms with Crippen LogP contribution >= 0.6 is 0 Å². The van der Waals surface area contributed by atoms with Crippen LogP contribution in [0.3, 0.4) is 0 Å². The highest BCUT2D eigenvalue weighted by atomic mass is 19.1. The summed E-state index contributed by atoms with van der Waals surface area (Å²) < 4.78 is 19.2. The maximum Gasteiger partial charge on any atom is 0.314 e. The Morgan fingerprint density at radius 1 is 1.43 bits per heavy atom. The molecule has 0 fully saturated rings. The number of halogens is 1. The van der Waals surface area contributed by atoms with Crippen LogP contribution in [0, 0.1) is 12.7 Å². The molecule has 0 aliphatic heterocycles. The molecule has 1 atom stereocenters. The Bertz CT molecular complexity index is 884. The number of nitrogens with one attached hydrogen (secondary N) is 1. The quantitative estimate of drug-likeness (QED) is 0.487. The molecule has 1 heterocycles. The van der Waals surface area contributed by atoms with Crippen molar-refractivity contribution in [2.45, 2.75) is 46.1 Å². The van der Waals surface area contributed by atoms with Crippen LogP contribution in [0.15, 0.2) is 49.1 Å². The highest BCUT2D eigenvalue weighted by Gasteiger charge is 2.19. The van der Waals surface area contributed by atoms with Gasteiger partial charge in [0.2, 0.25) is 0 Å². The van der Waals surface area contributed by atoms with Crippen LogP contribution in [0.25, 0.3) is 5.57 Å². The van der Waals surface area contributed by atoms with E-state index < -0.39 is 12.1 Å². The van der Waals surface area contributed by atoms with Gasteiger partial charge in [-0.1, -0.05) is 50.3 Å². The average Bonchev–Trinajstić information content (AvgIpc) is 3.11. The molecule has 0 amide bonds. The molecule has 1 aromatic carbocycles. The van der Waals surface area contributed by atoms with Gasteiger partial charge in [0.05, 0.1) is 0 Å². The Balaban J connectivity index is 2.10. The predicted octanol–water partition coefficient (Wildman–Crippen LogP) is 5.02. The number of benzene rings is 1. The predicted molar refractivity (Wildman–Crippen MR) is 108 cm³/mol. The minimum atomic E-state index is -0.418. The molecule has 6 heteroatoms. The Hall–Kier alpha value is -3.02. The molecule has 28 heavy (non-hydrogen) atoms. The molecule has 5 nitrogen and oxygen atoms in total. The van der Waals surface area contributed by atoms with Crippen LogP contribution in [-0.4, -0.2) is 21.2 Å². The van der Waals surface area contributed by atoms with Crippen molar-refractivity contribution >= 4 is 11.5 Å². The van der Waals surface area contributed by atoms with E-state index in [1.807, 2.05) is 26.0 Å². The van der Waals surface area contributed by atoms with Crippen LogP contribution < -0.4 is 0 Å². The van der Waals surface area contributed by atoms with Crippen molar-refractivity contribution in [3.8, 4) is 0 Å². The first kappa shape index (κ1) is 21.3. The highest BCUT2D eigenvalue weighted by molar-refractivity contribution is 5.73. The van der Waals surface area contributed by atoms with Gasteiger partial charge in [-0.15, -0.1) is 0 Å². The van der Waals surface area contributed by atoms with Gasteiger partial charge in [0.1, 0.15) is 24.2 Å². The molecule has 1 aromatic heterocycles. The van der Waals surface area contributed by atoms with Gasteiger partial charge < -0.3 is 4.74 Å². The number of rotatable bonds is 9. The number of aromatic nitrogens is 3. The zero-order chi connectivity index (χ0) is 20.5. The summed E-state index contributed by atoms with van der Waals surface area (Å²) in [7, 11) is 0. The Labute approximate surface area is 165 Å². The third kappa shape index (κ3) is 5.74. The van der Waals surface area contributed by atoms with Gasteiger partial charge in [0, 0.05) is 5.57 Å². The summed E-state index contributed by atoms with van der Waals surface area (Å²) in [6.45, 7) is 9.28. The first-order valence-electron chi connectivity index (χ1n) is 9.31. The van der Waals surface area contributed by atoms with Crippen LogP contribution in [0.2, 0.25) is 0 Å². The molecule has 0 bridgehead atoms. The van der Waals surface area contributed by atoms with Crippen molar-refractivity contribution in [2.24, 2.45) is 0 Å². The van der Waals surface area contributed by atoms with Crippen LogP contribution in [0.1, 0.15) is 55.6 Å². The second-order valence-electron chi connectivity index (χ2n) is 6.42. The minimum Gasteiger partial charge on any atom is -0.457 e. The lowest BCUT2D eigenvalue weighted by Gasteiger charge is -2.18. The van der Waals surface area contributed by atoms with E-state index >= 15 is 0 Å². The fraction of sp³-hybridized carbons (Fsp3) is 0.318. The van der Waals surface area contributed by atoms with Gasteiger partial charge in [-0.05, 0) is 43.5 Å². The highest BCUT2D eigenvalue weighted by Crippen LogP contribution is 2.25. The lowest BCUT2D eigenvalue weighted by Crippen LogP contribution is -2.14. The number of aryl methyl sites for hydroxylation is 1. The van der Waals surface area contributed by atoms with Crippen molar-refractivity contribution in [3.63, 3.8) is 0 Å². The summed E-state index contributed by atoms with van der Waals surface area (Å²) in [4.78, 5) is 16.8. The lowest BCUT2D eigenvalue weighted by atomic mass is 10.0. The van der Waals surface area contributed by atoms with E-state index in [2.05, 4.69) is 21.8 Å². The topological polar surface area (TPSA) is 67.9 Å². The SMILES string of the molecule is C=C/C=C(\C=C/C)c1n[nH]c(CC(=O)OC(CCC)c2ccc(F)c(C)c2)n1. The second-order valence-corrected chi connectivity index (χ2v) is 6.42. The number of carbonyl (C=O) groups is 1. The standard InChI is InChI=1S/C22H26FN3O2/c1-5-8-16(9-6-2)22-24-20(25-26-22)14-21(27)28-19(10-7-3)17-11-12-18(23)15(4)13-17/h5-6,8-9,11-13,19H,1,7,10,14H2,2-4H3,(H,24,25,26)/b9-6-,16-8+. The summed E-state index contributed by atoms with van der Waals surface area (Å²) in [6.07, 6.45) is 8.23. The number of nitrogens with zero attached hydrogens (tertiary/aromatic N) is 2. The van der Waals surface area contributed by atoms with E-state index in [0.29, 0.717) is 23.6 Å². The Morgan fingerprint density at radius 2 is 2.21 bits per heavy atom. The molecular weight excluding hydrogens is 357 g/mol. The summed E-state index contributed by atoms with van der Waals surface area (Å²) in [5.41, 5.74) is 2.11. The first-order chi connectivity index (χ1) is 13.5. The fourth-order valence-electron chi connectivity index (χ4n) is 2.78. The average molecular weight is 383 g/mol. The zero-order valence-corrected chi connectivity index (χ0v) is 16.5. The van der Waals surface area contributed by atoms with Crippen molar-refractivity contribution in [1.82, 2.24) is 15.2 Å². The van der Waals surface area contributed by atoms with E-state index in [4.69, 9.17) is 4.74 Å². The number of ether oxygens (including phenoxy) is 1. The number of H-pyrrole nitrogens is 1. The van der Waals surface area contributed by atoms with Crippen LogP contribution in [-0.2, 0) is 16.0 Å². The third-order valence-corrected chi connectivity index (χ3v) is 4.12. The van der Waals surface area contributed by atoms with E-state index in [1.54, 1.807) is 31.2 Å². The van der Waals surface area contributed by atoms with E-state index in [0.717, 1.165) is 17.6 Å². The Morgan fingerprint density at radius 3 is 2.86 bits per heavy atom. The molecule has 2 aromatic rings. The number of esters is 1. The van der Waals surface area contributed by atoms with Crippen LogP contribution in [0.5, 0.6) is 0 Å². The van der Waals surface area contributed by atoms with Gasteiger partial charge in [0.15, 0.2) is 5.82 Å². The zero-order valence-electron chi connectivity index (χ0n) is 16.5. The third-order valence-electron chi connectivity index (χ3n) is 4.12. The maximum atomic E-state index is 13.5. The molecule has 1 N–H and O–H groups in total. The molecule has 0 radical (unpaired) electrons. The van der Waals surface area contributed by atoms with Crippen molar-refractivity contribution in [1.29, 1.82) is 0 Å². The molecule has 2 rings (SSSR count). The molecular formula is C22H26FN3O2. The maximum absolute atomic E-state index is 13.5. The van der Waals surface area contributed by atoms with Gasteiger partial charge in [-0.2, -0.15) is 5.10 Å². The van der Waals surface area contributed by atoms with Gasteiger partial charge in [-0.3, -0.25) is 9.89 Å². The Kier molecular flexibility index (Phi) is 7.87. The van der Waals surface area contributed by atoms with E-state index in [-0.39, 0.29) is 12.2 Å². The van der Waals surface area contributed by atoms with Crippen LogP contribution in [0.4, 0.5) is 4.39 Å². The monoisotopic (exact) mass is 383 g/mol. The van der Waals surface area contributed by atoms with Crippen molar-refractivity contribution in [2.75, 3.05) is 0 Å². The molecule has 0 aliphatic rings. The van der Waals surface area contributed by atoms with E-state index in [1.165, 1.54) is 6.07 Å². The van der Waals surface area contributed by atoms with Crippen molar-refractivity contribution in [3.05, 3.63) is 77.7 Å². The number of allylic oxidation sites excluding steroid dienone is 5. The molecule has 0 aliphatic carbocycles. The number of hydrogen-bond donors (Lipinski definition) is 1. The smallest absolute Gasteiger partial charge is 0.314 e. The van der Waals surface area contributed by atoms with Crippen molar-refractivity contribution < 1.29 is 13.9 Å². The largest absolute Gasteiger partial charge is 0.457 e. The molecule has 1 unspecified atom stereocenters. The van der Waals surface area contributed by atoms with Gasteiger partial charge in [0.25, 0.3) is 0 Å². The number of hydrogen-bond acceptors (Lipinski definition) is 4. The molecule has 0 spiro atoms. The normalized spacial score (nSPS) is 12.9. The van der Waals surface area contributed by atoms with Gasteiger partial charge >= 0.3 is 5.97 Å². The number of aromatic amines is 1. The fourth-order valence-corrected chi connectivity index (χ4v) is 2.78. The molecule has 0 saturated heterocycles. The first-order valence-corrected chi connectivity index (χ1v) is 9.31. The minimum absolute atomic E-state index is 0.0232. The summed E-state index contributed by atoms with van der Waals surface area (Å²) in [6, 6.07) is 4.78. The molecule has 148 valence electrons. The second kappa shape index (κ2) is 10.3. The lowest BCUT2D eigenvalue weighted by molar-refractivity contribution is -0.149. The number of carbonyl (C=O) groups excluding carboxylic acids is 1. The van der Waals surface area contributed by atoms with Gasteiger partial charge in [-0.25, -0.2) is 9.37 Å². The summed E-state index contributed by atoms with van der Waals surface area (Å²) in [5, 5.41) is 6.92. The summed E-state index contributed by atoms with van der Waals surface area (Å²) in [5.74, 6) is 0.220. The summed E-state index contributed by atoms with van der Waals surface area (Å²) >= 11 is 0. The van der Waals surface area contributed by atoms with E-state index in [9.17, 15) is 9.18 Å². The molecule has 0 saturated carbocycles.